The molecule has 2 atom stereocenters. The Balaban J connectivity index is 1.85. The summed E-state index contributed by atoms with van der Waals surface area (Å²) in [7, 11) is -2.97. The fraction of sp³-hybridized carbons (Fsp3) is 0.278. The van der Waals surface area contributed by atoms with Crippen molar-refractivity contribution in [2.45, 2.75) is 57.1 Å². The summed E-state index contributed by atoms with van der Waals surface area (Å²) in [6.45, 7) is 4.86. The van der Waals surface area contributed by atoms with Crippen molar-refractivity contribution >= 4 is 39.1 Å². The van der Waals surface area contributed by atoms with E-state index in [-0.39, 0.29) is 40.4 Å². The minimum atomic E-state index is -4.36. The van der Waals surface area contributed by atoms with Crippen LogP contribution in [0.4, 0.5) is 10.1 Å². The van der Waals surface area contributed by atoms with Crippen molar-refractivity contribution in [3.63, 3.8) is 0 Å². The van der Waals surface area contributed by atoms with E-state index in [1.165, 1.54) is 60.5 Å². The number of nitrogens with one attached hydrogen (secondary N) is 1. The lowest BCUT2D eigenvalue weighted by Crippen LogP contribution is -2.54. The zero-order valence-electron chi connectivity index (χ0n) is 26.8. The predicted molar refractivity (Wildman–Crippen MR) is 182 cm³/mol. The molecule has 0 heterocycles. The van der Waals surface area contributed by atoms with Crippen molar-refractivity contribution in [3.8, 4) is 5.75 Å². The lowest BCUT2D eigenvalue weighted by molar-refractivity contribution is -0.140. The predicted octanol–water partition coefficient (Wildman–Crippen LogP) is 6.55. The second-order valence-electron chi connectivity index (χ2n) is 11.3. The van der Waals surface area contributed by atoms with Gasteiger partial charge in [-0.15, -0.1) is 0 Å². The second kappa shape index (κ2) is 15.9. The molecule has 0 spiro atoms. The zero-order valence-corrected chi connectivity index (χ0v) is 28.4. The van der Waals surface area contributed by atoms with E-state index in [0.717, 1.165) is 15.4 Å². The Bertz CT molecular complexity index is 1770. The summed E-state index contributed by atoms with van der Waals surface area (Å²) in [6.07, 6.45) is 0.814. The highest BCUT2D eigenvalue weighted by Crippen LogP contribution is 2.35. The van der Waals surface area contributed by atoms with Gasteiger partial charge in [-0.25, -0.2) is 12.8 Å². The van der Waals surface area contributed by atoms with E-state index in [2.05, 4.69) is 5.32 Å². The van der Waals surface area contributed by atoms with Crippen LogP contribution in [0.5, 0.6) is 5.75 Å². The van der Waals surface area contributed by atoms with Crippen molar-refractivity contribution in [1.82, 2.24) is 10.2 Å². The fourth-order valence-corrected chi connectivity index (χ4v) is 6.57. The summed E-state index contributed by atoms with van der Waals surface area (Å²) < 4.78 is 48.9. The van der Waals surface area contributed by atoms with E-state index < -0.39 is 40.2 Å². The van der Waals surface area contributed by atoms with Crippen molar-refractivity contribution in [2.24, 2.45) is 0 Å². The first-order valence-corrected chi connectivity index (χ1v) is 17.1. The van der Waals surface area contributed by atoms with E-state index >= 15 is 0 Å². The Kier molecular flexibility index (Phi) is 12.0. The second-order valence-corrected chi connectivity index (χ2v) is 13.6. The van der Waals surface area contributed by atoms with Crippen LogP contribution in [-0.4, -0.2) is 50.9 Å². The molecule has 0 unspecified atom stereocenters. The molecule has 11 heteroatoms. The van der Waals surface area contributed by atoms with Crippen LogP contribution >= 0.6 is 11.6 Å². The lowest BCUT2D eigenvalue weighted by Gasteiger charge is -2.34. The molecule has 2 amide bonds. The van der Waals surface area contributed by atoms with Crippen LogP contribution in [0.15, 0.2) is 102 Å². The molecule has 0 saturated carbocycles. The van der Waals surface area contributed by atoms with Crippen molar-refractivity contribution in [3.05, 3.63) is 125 Å². The molecule has 0 aliphatic heterocycles. The summed E-state index contributed by atoms with van der Waals surface area (Å²) in [5, 5.41) is 3.22. The standard InChI is InChI=1S/C36H39ClFN3O5S/c1-5-26(3)39-36(43)33(21-27-9-7-6-8-10-27)40(23-28-13-16-30(38)17-14-28)35(42)24-41(32-22-29(37)15-20-34(32)46-4)47(44,45)31-18-11-25(2)12-19-31/h6-20,22,26,33H,5,21,23-24H2,1-4H3,(H,39,43)/t26-,33+/m1/s1. The van der Waals surface area contributed by atoms with Crippen LogP contribution in [0.2, 0.25) is 5.02 Å². The molecule has 0 saturated heterocycles. The number of hydrogen-bond donors (Lipinski definition) is 1. The number of anilines is 1. The van der Waals surface area contributed by atoms with E-state index in [1.54, 1.807) is 18.2 Å². The van der Waals surface area contributed by atoms with E-state index in [9.17, 15) is 22.4 Å². The molecule has 0 bridgehead atoms. The molecule has 4 aromatic rings. The van der Waals surface area contributed by atoms with Crippen LogP contribution in [0, 0.1) is 12.7 Å². The van der Waals surface area contributed by atoms with Gasteiger partial charge in [-0.2, -0.15) is 0 Å². The SMILES string of the molecule is CC[C@@H](C)NC(=O)[C@H](Cc1ccccc1)N(Cc1ccc(F)cc1)C(=O)CN(c1cc(Cl)ccc1OC)S(=O)(=O)c1ccc(C)cc1. The smallest absolute Gasteiger partial charge is 0.264 e. The summed E-state index contributed by atoms with van der Waals surface area (Å²) >= 11 is 6.34. The number of carbonyl (C=O) groups excluding carboxylic acids is 2. The largest absolute Gasteiger partial charge is 0.495 e. The van der Waals surface area contributed by atoms with Crippen LogP contribution in [0.3, 0.4) is 0 Å². The fourth-order valence-electron chi connectivity index (χ4n) is 4.99. The molecule has 1 N–H and O–H groups in total. The number of methoxy groups -OCH3 is 1. The number of sulfonamides is 1. The van der Waals surface area contributed by atoms with Gasteiger partial charge in [0.05, 0.1) is 17.7 Å². The maximum absolute atomic E-state index is 14.6. The van der Waals surface area contributed by atoms with Crippen LogP contribution in [0.25, 0.3) is 0 Å². The minimum Gasteiger partial charge on any atom is -0.495 e. The number of rotatable bonds is 14. The molecule has 0 aromatic heterocycles. The molecule has 47 heavy (non-hydrogen) atoms. The monoisotopic (exact) mass is 679 g/mol. The number of ether oxygens (including phenoxy) is 1. The molecule has 8 nitrogen and oxygen atoms in total. The molecule has 0 aliphatic carbocycles. The molecule has 0 aliphatic rings. The lowest BCUT2D eigenvalue weighted by atomic mass is 10.0. The van der Waals surface area contributed by atoms with E-state index in [4.69, 9.17) is 16.3 Å². The first-order valence-electron chi connectivity index (χ1n) is 15.2. The normalized spacial score (nSPS) is 12.6. The van der Waals surface area contributed by atoms with Crippen molar-refractivity contribution in [2.75, 3.05) is 18.0 Å². The van der Waals surface area contributed by atoms with Crippen molar-refractivity contribution in [1.29, 1.82) is 0 Å². The Hall–Kier alpha value is -4.41. The Morgan fingerprint density at radius 1 is 0.936 bits per heavy atom. The number of aryl methyl sites for hydroxylation is 1. The summed E-state index contributed by atoms with van der Waals surface area (Å²) in [5.41, 5.74) is 2.27. The highest BCUT2D eigenvalue weighted by atomic mass is 35.5. The van der Waals surface area contributed by atoms with Crippen LogP contribution < -0.4 is 14.4 Å². The number of benzene rings is 4. The molecule has 248 valence electrons. The third-order valence-corrected chi connectivity index (χ3v) is 9.84. The number of hydrogen-bond acceptors (Lipinski definition) is 5. The molecule has 0 radical (unpaired) electrons. The third-order valence-electron chi connectivity index (χ3n) is 7.84. The Labute approximate surface area is 281 Å². The van der Waals surface area contributed by atoms with Crippen LogP contribution in [-0.2, 0) is 32.6 Å². The molecular weight excluding hydrogens is 641 g/mol. The first kappa shape index (κ1) is 35.4. The molecule has 4 aromatic carbocycles. The van der Waals surface area contributed by atoms with Gasteiger partial charge in [0.25, 0.3) is 10.0 Å². The van der Waals surface area contributed by atoms with Gasteiger partial charge < -0.3 is 15.0 Å². The molecule has 4 rings (SSSR count). The first-order chi connectivity index (χ1) is 22.4. The average Bonchev–Trinajstić information content (AvgIpc) is 3.06. The van der Waals surface area contributed by atoms with Crippen molar-refractivity contribution < 1.29 is 27.1 Å². The Morgan fingerprint density at radius 2 is 1.60 bits per heavy atom. The Morgan fingerprint density at radius 3 is 2.21 bits per heavy atom. The number of halogens is 2. The highest BCUT2D eigenvalue weighted by Gasteiger charge is 2.36. The van der Waals surface area contributed by atoms with E-state index in [1.807, 2.05) is 51.1 Å². The summed E-state index contributed by atoms with van der Waals surface area (Å²) in [6, 6.07) is 24.4. The average molecular weight is 680 g/mol. The maximum Gasteiger partial charge on any atom is 0.264 e. The molecular formula is C36H39ClFN3O5S. The van der Waals surface area contributed by atoms with Gasteiger partial charge in [-0.1, -0.05) is 78.7 Å². The van der Waals surface area contributed by atoms with Gasteiger partial charge in [0.2, 0.25) is 11.8 Å². The summed E-state index contributed by atoms with van der Waals surface area (Å²) in [4.78, 5) is 29.8. The van der Waals surface area contributed by atoms with Crippen LogP contribution in [0.1, 0.15) is 37.0 Å². The van der Waals surface area contributed by atoms with Gasteiger partial charge in [-0.3, -0.25) is 13.9 Å². The van der Waals surface area contributed by atoms with Gasteiger partial charge >= 0.3 is 0 Å². The minimum absolute atomic E-state index is 0.0432. The zero-order chi connectivity index (χ0) is 34.1. The van der Waals surface area contributed by atoms with Gasteiger partial charge in [0.1, 0.15) is 24.2 Å². The highest BCUT2D eigenvalue weighted by molar-refractivity contribution is 7.92. The topological polar surface area (TPSA) is 96.0 Å². The van der Waals surface area contributed by atoms with E-state index in [0.29, 0.717) is 12.0 Å². The van der Waals surface area contributed by atoms with Gasteiger partial charge in [0.15, 0.2) is 0 Å². The summed E-state index contributed by atoms with van der Waals surface area (Å²) in [5.74, 6) is -1.33. The number of amides is 2. The van der Waals surface area contributed by atoms with Gasteiger partial charge in [-0.05, 0) is 73.9 Å². The maximum atomic E-state index is 14.6. The number of carbonyl (C=O) groups is 2. The number of nitrogens with zero attached hydrogens (tertiary/aromatic N) is 2. The quantitative estimate of drug-likeness (QED) is 0.163. The van der Waals surface area contributed by atoms with Gasteiger partial charge in [0, 0.05) is 24.0 Å². The third kappa shape index (κ3) is 9.11. The molecule has 0 fully saturated rings.